The van der Waals surface area contributed by atoms with Gasteiger partial charge in [-0.05, 0) is 95.7 Å². The first-order chi connectivity index (χ1) is 20.9. The summed E-state index contributed by atoms with van der Waals surface area (Å²) in [6.45, 7) is 20.7. The number of rotatable bonds is 14. The SMILES string of the molecule is C=Cc1nc(C)n(CC)c1/C=C\C.C\C=C/C(=C\C(Cl)=C/C)[C@@H](CC)N(CC)C(=O)C(O)C(O)C(=O)NCc1csc(C)c1. The van der Waals surface area contributed by atoms with Gasteiger partial charge in [-0.25, -0.2) is 4.98 Å². The predicted molar refractivity (Wildman–Crippen MR) is 184 cm³/mol. The van der Waals surface area contributed by atoms with Crippen molar-refractivity contribution in [2.24, 2.45) is 0 Å². The first-order valence-electron chi connectivity index (χ1n) is 14.9. The Morgan fingerprint density at radius 3 is 2.32 bits per heavy atom. The highest BCUT2D eigenvalue weighted by atomic mass is 35.5. The van der Waals surface area contributed by atoms with E-state index in [1.54, 1.807) is 36.5 Å². The number of nitrogens with zero attached hydrogens (tertiary/aromatic N) is 3. The summed E-state index contributed by atoms with van der Waals surface area (Å²) in [6.07, 6.45) is 9.93. The van der Waals surface area contributed by atoms with Crippen molar-refractivity contribution in [1.82, 2.24) is 19.8 Å². The van der Waals surface area contributed by atoms with Crippen molar-refractivity contribution in [3.8, 4) is 0 Å². The van der Waals surface area contributed by atoms with Crippen LogP contribution in [0.2, 0.25) is 0 Å². The highest BCUT2D eigenvalue weighted by Gasteiger charge is 2.35. The van der Waals surface area contributed by atoms with Crippen molar-refractivity contribution >= 4 is 46.9 Å². The van der Waals surface area contributed by atoms with Crippen molar-refractivity contribution in [1.29, 1.82) is 0 Å². The van der Waals surface area contributed by atoms with E-state index in [9.17, 15) is 19.8 Å². The Morgan fingerprint density at radius 2 is 1.84 bits per heavy atom. The number of nitrogens with one attached hydrogen (secondary N) is 1. The van der Waals surface area contributed by atoms with Crippen LogP contribution in [0.3, 0.4) is 0 Å². The third kappa shape index (κ3) is 11.0. The zero-order valence-electron chi connectivity index (χ0n) is 27.3. The van der Waals surface area contributed by atoms with Crippen LogP contribution < -0.4 is 5.32 Å². The average molecular weight is 645 g/mol. The number of allylic oxidation sites excluding steroid dienone is 5. The van der Waals surface area contributed by atoms with Gasteiger partial charge in [0.15, 0.2) is 12.2 Å². The number of halogens is 1. The minimum Gasteiger partial charge on any atom is -0.380 e. The van der Waals surface area contributed by atoms with Gasteiger partial charge in [0, 0.05) is 29.5 Å². The van der Waals surface area contributed by atoms with Crippen LogP contribution in [-0.4, -0.2) is 61.3 Å². The quantitative estimate of drug-likeness (QED) is 0.202. The standard InChI is InChI=1S/C23H33ClN2O4S.C11H16N2/c1-6-10-17(12-18(24)7-2)19(8-3)26(9-4)23(30)21(28)20(27)22(29)25-13-16-11-15(5)31-14-16;1-5-8-11-10(6-2)12-9(4)13(11)7-3/h6-7,10-12,14,19-21,27-28H,8-9,13H2,1-5H3,(H,25,29);5-6,8H,2,7H2,1,3-4H3/b10-6-,17-12+,18-7+;8-5-/t19-,20?,21?;/m1./s1. The molecule has 0 radical (unpaired) electrons. The van der Waals surface area contributed by atoms with Gasteiger partial charge in [-0.1, -0.05) is 49.4 Å². The third-order valence-corrected chi connectivity index (χ3v) is 8.08. The molecule has 2 unspecified atom stereocenters. The van der Waals surface area contributed by atoms with Crippen molar-refractivity contribution < 1.29 is 19.8 Å². The number of thiophene rings is 1. The number of hydrogen-bond acceptors (Lipinski definition) is 6. The molecule has 10 heteroatoms. The smallest absolute Gasteiger partial charge is 0.255 e. The highest BCUT2D eigenvalue weighted by Crippen LogP contribution is 2.21. The molecule has 2 rings (SSSR count). The second-order valence-corrected chi connectivity index (χ2v) is 11.5. The zero-order chi connectivity index (χ0) is 33.4. The summed E-state index contributed by atoms with van der Waals surface area (Å²) >= 11 is 7.72. The molecule has 2 heterocycles. The largest absolute Gasteiger partial charge is 0.380 e. The van der Waals surface area contributed by atoms with Gasteiger partial charge in [0.1, 0.15) is 5.82 Å². The van der Waals surface area contributed by atoms with E-state index < -0.39 is 24.0 Å². The summed E-state index contributed by atoms with van der Waals surface area (Å²) < 4.78 is 2.18. The summed E-state index contributed by atoms with van der Waals surface area (Å²) in [5.41, 5.74) is 3.81. The minimum atomic E-state index is -1.87. The van der Waals surface area contributed by atoms with Gasteiger partial charge in [-0.15, -0.1) is 11.3 Å². The minimum absolute atomic E-state index is 0.215. The number of carbonyl (C=O) groups excluding carboxylic acids is 2. The molecule has 0 bridgehead atoms. The maximum Gasteiger partial charge on any atom is 0.255 e. The van der Waals surface area contributed by atoms with E-state index in [1.165, 1.54) is 4.90 Å². The third-order valence-electron chi connectivity index (χ3n) is 6.84. The lowest BCUT2D eigenvalue weighted by molar-refractivity contribution is -0.154. The molecule has 0 saturated heterocycles. The summed E-state index contributed by atoms with van der Waals surface area (Å²) in [4.78, 5) is 32.3. The molecule has 8 nitrogen and oxygen atoms in total. The van der Waals surface area contributed by atoms with Crippen LogP contribution in [0.4, 0.5) is 0 Å². The number of carbonyl (C=O) groups is 2. The molecule has 3 atom stereocenters. The summed E-state index contributed by atoms with van der Waals surface area (Å²) in [6, 6.07) is 1.55. The molecule has 0 aliphatic heterocycles. The molecule has 0 aromatic carbocycles. The lowest BCUT2D eigenvalue weighted by Gasteiger charge is -2.33. The second-order valence-electron chi connectivity index (χ2n) is 9.92. The van der Waals surface area contributed by atoms with Crippen molar-refractivity contribution in [3.05, 3.63) is 86.7 Å². The summed E-state index contributed by atoms with van der Waals surface area (Å²) in [5, 5.41) is 25.8. The molecule has 0 aliphatic carbocycles. The average Bonchev–Trinajstić information content (AvgIpc) is 3.58. The first-order valence-corrected chi connectivity index (χ1v) is 16.2. The Balaban J connectivity index is 0.000000617. The van der Waals surface area contributed by atoms with Crippen molar-refractivity contribution in [2.45, 2.75) is 93.2 Å². The molecule has 44 heavy (non-hydrogen) atoms. The van der Waals surface area contributed by atoms with Crippen molar-refractivity contribution in [3.63, 3.8) is 0 Å². The van der Waals surface area contributed by atoms with E-state index in [4.69, 9.17) is 11.6 Å². The first kappa shape index (κ1) is 38.8. The number of aryl methyl sites for hydroxylation is 2. The van der Waals surface area contributed by atoms with Gasteiger partial charge in [0.25, 0.3) is 11.8 Å². The van der Waals surface area contributed by atoms with Gasteiger partial charge in [0.2, 0.25) is 0 Å². The van der Waals surface area contributed by atoms with Crippen LogP contribution in [-0.2, 0) is 22.7 Å². The molecule has 0 saturated carbocycles. The number of aliphatic hydroxyl groups excluding tert-OH is 2. The van der Waals surface area contributed by atoms with Crippen LogP contribution in [0, 0.1) is 13.8 Å². The number of aliphatic hydroxyl groups is 2. The normalized spacial score (nSPS) is 14.2. The Hall–Kier alpha value is -3.24. The van der Waals surface area contributed by atoms with Crippen LogP contribution >= 0.6 is 22.9 Å². The molecule has 0 aliphatic rings. The predicted octanol–water partition coefficient (Wildman–Crippen LogP) is 6.55. The molecule has 3 N–H and O–H groups in total. The maximum absolute atomic E-state index is 13.0. The fraction of sp³-hybridized carbons (Fsp3) is 0.441. The van der Waals surface area contributed by atoms with Crippen molar-refractivity contribution in [2.75, 3.05) is 6.54 Å². The van der Waals surface area contributed by atoms with E-state index >= 15 is 0 Å². The topological polar surface area (TPSA) is 108 Å². The van der Waals surface area contributed by atoms with Crippen LogP contribution in [0.5, 0.6) is 0 Å². The van der Waals surface area contributed by atoms with E-state index in [-0.39, 0.29) is 12.6 Å². The van der Waals surface area contributed by atoms with Gasteiger partial charge in [-0.2, -0.15) is 0 Å². The summed E-state index contributed by atoms with van der Waals surface area (Å²) in [7, 11) is 0. The Kier molecular flexibility index (Phi) is 17.6. The lowest BCUT2D eigenvalue weighted by Crippen LogP contribution is -2.53. The van der Waals surface area contributed by atoms with E-state index in [1.807, 2.05) is 71.2 Å². The maximum atomic E-state index is 13.0. The number of hydrogen-bond donors (Lipinski definition) is 3. The van der Waals surface area contributed by atoms with E-state index in [0.29, 0.717) is 18.0 Å². The fourth-order valence-corrected chi connectivity index (χ4v) is 5.51. The monoisotopic (exact) mass is 644 g/mol. The number of amides is 2. The van der Waals surface area contributed by atoms with Crippen LogP contribution in [0.25, 0.3) is 12.2 Å². The lowest BCUT2D eigenvalue weighted by atomic mass is 9.99. The molecular formula is C34H49ClN4O4S. The Bertz CT molecular complexity index is 1350. The summed E-state index contributed by atoms with van der Waals surface area (Å²) in [5.74, 6) is -0.462. The number of likely N-dealkylation sites (N-methyl/N-ethyl adjacent to an activating group) is 1. The zero-order valence-corrected chi connectivity index (χ0v) is 28.9. The van der Waals surface area contributed by atoms with Gasteiger partial charge < -0.3 is 25.0 Å². The van der Waals surface area contributed by atoms with Crippen LogP contribution in [0.15, 0.2) is 59.0 Å². The highest BCUT2D eigenvalue weighted by molar-refractivity contribution is 7.10. The molecule has 2 aromatic rings. The molecule has 2 aromatic heterocycles. The van der Waals surface area contributed by atoms with Crippen LogP contribution in [0.1, 0.15) is 75.6 Å². The Morgan fingerprint density at radius 1 is 1.16 bits per heavy atom. The second kappa shape index (κ2) is 19.9. The van der Waals surface area contributed by atoms with Gasteiger partial charge in [0.05, 0.1) is 17.4 Å². The molecule has 0 fully saturated rings. The van der Waals surface area contributed by atoms with Gasteiger partial charge in [-0.3, -0.25) is 9.59 Å². The number of aromatic nitrogens is 2. The Labute approximate surface area is 272 Å². The molecular weight excluding hydrogens is 596 g/mol. The molecule has 2 amide bonds. The molecule has 0 spiro atoms. The molecule has 242 valence electrons. The fourth-order valence-electron chi connectivity index (χ4n) is 4.68. The number of imidazole rings is 1. The van der Waals surface area contributed by atoms with E-state index in [0.717, 1.165) is 39.8 Å². The van der Waals surface area contributed by atoms with Gasteiger partial charge >= 0.3 is 0 Å². The van der Waals surface area contributed by atoms with E-state index in [2.05, 4.69) is 34.4 Å².